The zero-order valence-electron chi connectivity index (χ0n) is 9.87. The summed E-state index contributed by atoms with van der Waals surface area (Å²) >= 11 is 0. The SMILES string of the molecule is CNC1Cc2ccc(OC)c(OC)c2C1.Cl. The highest BCUT2D eigenvalue weighted by atomic mass is 35.5. The van der Waals surface area contributed by atoms with Crippen molar-refractivity contribution in [2.75, 3.05) is 21.3 Å². The van der Waals surface area contributed by atoms with Crippen LogP contribution in [0.25, 0.3) is 0 Å². The van der Waals surface area contributed by atoms with Crippen molar-refractivity contribution in [2.45, 2.75) is 18.9 Å². The van der Waals surface area contributed by atoms with Gasteiger partial charge >= 0.3 is 0 Å². The van der Waals surface area contributed by atoms with Crippen molar-refractivity contribution in [3.8, 4) is 11.5 Å². The summed E-state index contributed by atoms with van der Waals surface area (Å²) in [6.07, 6.45) is 2.10. The van der Waals surface area contributed by atoms with Crippen LogP contribution >= 0.6 is 12.4 Å². The summed E-state index contributed by atoms with van der Waals surface area (Å²) in [5, 5.41) is 3.30. The van der Waals surface area contributed by atoms with Crippen molar-refractivity contribution in [1.82, 2.24) is 5.32 Å². The van der Waals surface area contributed by atoms with Crippen molar-refractivity contribution in [3.63, 3.8) is 0 Å². The summed E-state index contributed by atoms with van der Waals surface area (Å²) in [5.41, 5.74) is 2.66. The average molecular weight is 244 g/mol. The molecule has 0 heterocycles. The highest BCUT2D eigenvalue weighted by Gasteiger charge is 2.25. The van der Waals surface area contributed by atoms with Crippen LogP contribution in [0.15, 0.2) is 12.1 Å². The van der Waals surface area contributed by atoms with E-state index in [4.69, 9.17) is 9.47 Å². The van der Waals surface area contributed by atoms with Gasteiger partial charge in [-0.15, -0.1) is 12.4 Å². The first kappa shape index (κ1) is 13.1. The van der Waals surface area contributed by atoms with E-state index in [0.29, 0.717) is 6.04 Å². The van der Waals surface area contributed by atoms with E-state index in [9.17, 15) is 0 Å². The Morgan fingerprint density at radius 2 is 1.94 bits per heavy atom. The largest absolute Gasteiger partial charge is 0.493 e. The van der Waals surface area contributed by atoms with E-state index in [1.165, 1.54) is 11.1 Å². The molecule has 0 saturated carbocycles. The Morgan fingerprint density at radius 3 is 2.50 bits per heavy atom. The number of benzene rings is 1. The maximum absolute atomic E-state index is 5.42. The summed E-state index contributed by atoms with van der Waals surface area (Å²) in [5.74, 6) is 1.72. The number of fused-ring (bicyclic) bond motifs is 1. The lowest BCUT2D eigenvalue weighted by Crippen LogP contribution is -2.24. The van der Waals surface area contributed by atoms with E-state index in [1.54, 1.807) is 14.2 Å². The van der Waals surface area contributed by atoms with Crippen molar-refractivity contribution >= 4 is 12.4 Å². The Hall–Kier alpha value is -0.930. The molecule has 90 valence electrons. The Balaban J connectivity index is 0.00000128. The molecule has 2 rings (SSSR count). The molecule has 3 nitrogen and oxygen atoms in total. The van der Waals surface area contributed by atoms with Gasteiger partial charge in [0.15, 0.2) is 11.5 Å². The van der Waals surface area contributed by atoms with Gasteiger partial charge in [0.05, 0.1) is 14.2 Å². The molecule has 0 radical (unpaired) electrons. The Labute approximate surface area is 103 Å². The number of methoxy groups -OCH3 is 2. The van der Waals surface area contributed by atoms with Gasteiger partial charge in [-0.2, -0.15) is 0 Å². The average Bonchev–Trinajstić information content (AvgIpc) is 2.70. The minimum absolute atomic E-state index is 0. The van der Waals surface area contributed by atoms with Gasteiger partial charge in [-0.1, -0.05) is 6.07 Å². The third-order valence-electron chi connectivity index (χ3n) is 3.07. The second kappa shape index (κ2) is 5.41. The standard InChI is InChI=1S/C12H17NO2.ClH/c1-13-9-6-8-4-5-11(14-2)12(15-3)10(8)7-9;/h4-5,9,13H,6-7H2,1-3H3;1H. The van der Waals surface area contributed by atoms with Crippen LogP contribution < -0.4 is 14.8 Å². The molecule has 1 unspecified atom stereocenters. The van der Waals surface area contributed by atoms with Crippen LogP contribution in [0.5, 0.6) is 11.5 Å². The van der Waals surface area contributed by atoms with Gasteiger partial charge < -0.3 is 14.8 Å². The summed E-state index contributed by atoms with van der Waals surface area (Å²) in [6.45, 7) is 0. The van der Waals surface area contributed by atoms with Gasteiger partial charge in [-0.05, 0) is 31.5 Å². The predicted octanol–water partition coefficient (Wildman–Crippen LogP) is 1.81. The molecule has 4 heteroatoms. The fourth-order valence-electron chi connectivity index (χ4n) is 2.23. The first-order chi connectivity index (χ1) is 7.30. The molecule has 0 saturated heterocycles. The van der Waals surface area contributed by atoms with Crippen LogP contribution in [-0.4, -0.2) is 27.3 Å². The zero-order valence-corrected chi connectivity index (χ0v) is 10.7. The smallest absolute Gasteiger partial charge is 0.164 e. The highest BCUT2D eigenvalue weighted by Crippen LogP contribution is 2.37. The minimum Gasteiger partial charge on any atom is -0.493 e. The van der Waals surface area contributed by atoms with E-state index in [0.717, 1.165) is 24.3 Å². The van der Waals surface area contributed by atoms with Crippen molar-refractivity contribution in [1.29, 1.82) is 0 Å². The Kier molecular flexibility index (Phi) is 4.44. The molecule has 0 amide bonds. The summed E-state index contributed by atoms with van der Waals surface area (Å²) < 4.78 is 10.7. The number of likely N-dealkylation sites (N-methyl/N-ethyl adjacent to an activating group) is 1. The second-order valence-electron chi connectivity index (χ2n) is 3.83. The van der Waals surface area contributed by atoms with E-state index < -0.39 is 0 Å². The van der Waals surface area contributed by atoms with Crippen LogP contribution in [0, 0.1) is 0 Å². The fourth-order valence-corrected chi connectivity index (χ4v) is 2.23. The molecule has 0 bridgehead atoms. The molecule has 1 aliphatic carbocycles. The molecule has 0 fully saturated rings. The molecule has 1 atom stereocenters. The monoisotopic (exact) mass is 243 g/mol. The van der Waals surface area contributed by atoms with Gasteiger partial charge in [-0.3, -0.25) is 0 Å². The van der Waals surface area contributed by atoms with Gasteiger partial charge in [-0.25, -0.2) is 0 Å². The quantitative estimate of drug-likeness (QED) is 0.879. The molecule has 1 aliphatic rings. The van der Waals surface area contributed by atoms with E-state index in [1.807, 2.05) is 13.1 Å². The second-order valence-corrected chi connectivity index (χ2v) is 3.83. The third kappa shape index (κ3) is 2.11. The number of rotatable bonds is 3. The molecule has 1 aromatic rings. The van der Waals surface area contributed by atoms with Gasteiger partial charge in [0.2, 0.25) is 0 Å². The maximum Gasteiger partial charge on any atom is 0.164 e. The number of hydrogen-bond acceptors (Lipinski definition) is 3. The number of hydrogen-bond donors (Lipinski definition) is 1. The van der Waals surface area contributed by atoms with E-state index in [2.05, 4.69) is 11.4 Å². The molecular formula is C12H18ClNO2. The first-order valence-corrected chi connectivity index (χ1v) is 5.20. The Morgan fingerprint density at radius 1 is 1.19 bits per heavy atom. The number of halogens is 1. The molecule has 1 N–H and O–H groups in total. The first-order valence-electron chi connectivity index (χ1n) is 5.20. The van der Waals surface area contributed by atoms with Crippen LogP contribution in [0.3, 0.4) is 0 Å². The van der Waals surface area contributed by atoms with E-state index >= 15 is 0 Å². The topological polar surface area (TPSA) is 30.5 Å². The van der Waals surface area contributed by atoms with Crippen LogP contribution in [0.2, 0.25) is 0 Å². The van der Waals surface area contributed by atoms with Crippen molar-refractivity contribution in [2.24, 2.45) is 0 Å². The molecule has 0 aliphatic heterocycles. The van der Waals surface area contributed by atoms with Crippen molar-refractivity contribution in [3.05, 3.63) is 23.3 Å². The number of nitrogens with one attached hydrogen (secondary N) is 1. The highest BCUT2D eigenvalue weighted by molar-refractivity contribution is 5.85. The molecule has 0 aromatic heterocycles. The van der Waals surface area contributed by atoms with Crippen LogP contribution in [0.1, 0.15) is 11.1 Å². The lowest BCUT2D eigenvalue weighted by atomic mass is 10.1. The van der Waals surface area contributed by atoms with E-state index in [-0.39, 0.29) is 12.4 Å². The minimum atomic E-state index is 0. The summed E-state index contributed by atoms with van der Waals surface area (Å²) in [4.78, 5) is 0. The molecule has 0 spiro atoms. The van der Waals surface area contributed by atoms with Crippen molar-refractivity contribution < 1.29 is 9.47 Å². The van der Waals surface area contributed by atoms with Crippen LogP contribution in [-0.2, 0) is 12.8 Å². The molecular weight excluding hydrogens is 226 g/mol. The predicted molar refractivity (Wildman–Crippen MR) is 67.0 cm³/mol. The summed E-state index contributed by atoms with van der Waals surface area (Å²) in [7, 11) is 5.37. The lowest BCUT2D eigenvalue weighted by Gasteiger charge is -2.11. The van der Waals surface area contributed by atoms with Crippen LogP contribution in [0.4, 0.5) is 0 Å². The lowest BCUT2D eigenvalue weighted by molar-refractivity contribution is 0.351. The fraction of sp³-hybridized carbons (Fsp3) is 0.500. The van der Waals surface area contributed by atoms with Gasteiger partial charge in [0, 0.05) is 11.6 Å². The molecule has 16 heavy (non-hydrogen) atoms. The summed E-state index contributed by atoms with van der Waals surface area (Å²) in [6, 6.07) is 4.64. The van der Waals surface area contributed by atoms with Gasteiger partial charge in [0.25, 0.3) is 0 Å². The zero-order chi connectivity index (χ0) is 10.8. The van der Waals surface area contributed by atoms with Gasteiger partial charge in [0.1, 0.15) is 0 Å². The normalized spacial score (nSPS) is 17.6. The molecule has 1 aromatic carbocycles. The third-order valence-corrected chi connectivity index (χ3v) is 3.07. The maximum atomic E-state index is 5.42. The number of ether oxygens (including phenoxy) is 2. The Bertz CT molecular complexity index is 368.